The zero-order valence-corrected chi connectivity index (χ0v) is 12.5. The molecule has 1 aromatic carbocycles. The molecule has 0 saturated carbocycles. The van der Waals surface area contributed by atoms with Crippen LogP contribution in [0, 0.1) is 25.2 Å². The number of hydrogen-bond acceptors (Lipinski definition) is 4. The summed E-state index contributed by atoms with van der Waals surface area (Å²) in [4.78, 5) is 3.75. The van der Waals surface area contributed by atoms with Crippen LogP contribution >= 0.6 is 0 Å². The molecule has 3 rings (SSSR count). The summed E-state index contributed by atoms with van der Waals surface area (Å²) < 4.78 is 0. The SMILES string of the molecule is Cc1ccc(-n2nc(C#N)c(N3CCCCC3)n2)cc1C. The molecule has 2 aromatic rings. The van der Waals surface area contributed by atoms with E-state index < -0.39 is 0 Å². The number of anilines is 1. The van der Waals surface area contributed by atoms with Gasteiger partial charge in [0.2, 0.25) is 5.69 Å². The van der Waals surface area contributed by atoms with Gasteiger partial charge in [0.25, 0.3) is 0 Å². The van der Waals surface area contributed by atoms with E-state index in [1.807, 2.05) is 6.07 Å². The van der Waals surface area contributed by atoms with Gasteiger partial charge in [-0.2, -0.15) is 5.26 Å². The molecule has 0 atom stereocenters. The summed E-state index contributed by atoms with van der Waals surface area (Å²) in [7, 11) is 0. The fourth-order valence-electron chi connectivity index (χ4n) is 2.66. The highest BCUT2D eigenvalue weighted by Crippen LogP contribution is 2.22. The molecule has 0 N–H and O–H groups in total. The van der Waals surface area contributed by atoms with E-state index >= 15 is 0 Å². The van der Waals surface area contributed by atoms with Crippen molar-refractivity contribution in [2.75, 3.05) is 18.0 Å². The number of rotatable bonds is 2. The first-order chi connectivity index (χ1) is 10.2. The second-order valence-corrected chi connectivity index (χ2v) is 5.59. The van der Waals surface area contributed by atoms with E-state index in [9.17, 15) is 5.26 Å². The standard InChI is InChI=1S/C16H19N5/c1-12-6-7-14(10-13(12)2)21-18-15(11-17)16(19-21)20-8-4-3-5-9-20/h6-7,10H,3-5,8-9H2,1-2H3. The van der Waals surface area contributed by atoms with Crippen LogP contribution in [0.4, 0.5) is 5.82 Å². The van der Waals surface area contributed by atoms with Crippen molar-refractivity contribution in [1.29, 1.82) is 5.26 Å². The van der Waals surface area contributed by atoms with Gasteiger partial charge in [0.1, 0.15) is 6.07 Å². The minimum absolute atomic E-state index is 0.412. The summed E-state index contributed by atoms with van der Waals surface area (Å²) >= 11 is 0. The fourth-order valence-corrected chi connectivity index (χ4v) is 2.66. The lowest BCUT2D eigenvalue weighted by Crippen LogP contribution is -2.30. The number of nitriles is 1. The molecule has 5 nitrogen and oxygen atoms in total. The Morgan fingerprint density at radius 3 is 2.48 bits per heavy atom. The Morgan fingerprint density at radius 1 is 1.05 bits per heavy atom. The third-order valence-corrected chi connectivity index (χ3v) is 4.08. The molecule has 108 valence electrons. The largest absolute Gasteiger partial charge is 0.353 e. The van der Waals surface area contributed by atoms with Crippen LogP contribution < -0.4 is 4.90 Å². The third-order valence-electron chi connectivity index (χ3n) is 4.08. The van der Waals surface area contributed by atoms with Gasteiger partial charge in [-0.05, 0) is 56.4 Å². The highest BCUT2D eigenvalue weighted by atomic mass is 15.5. The normalized spacial score (nSPS) is 15.0. The van der Waals surface area contributed by atoms with Gasteiger partial charge in [0, 0.05) is 13.1 Å². The Labute approximate surface area is 124 Å². The molecule has 1 saturated heterocycles. The Morgan fingerprint density at radius 2 is 1.81 bits per heavy atom. The number of benzene rings is 1. The minimum atomic E-state index is 0.412. The second-order valence-electron chi connectivity index (χ2n) is 5.59. The number of piperidine rings is 1. The van der Waals surface area contributed by atoms with Crippen LogP contribution in [0.1, 0.15) is 36.1 Å². The lowest BCUT2D eigenvalue weighted by atomic mass is 10.1. The molecule has 1 aliphatic heterocycles. The third kappa shape index (κ3) is 2.62. The number of aryl methyl sites for hydroxylation is 2. The summed E-state index contributed by atoms with van der Waals surface area (Å²) in [6.07, 6.45) is 3.56. The molecule has 0 bridgehead atoms. The van der Waals surface area contributed by atoms with E-state index in [4.69, 9.17) is 0 Å². The summed E-state index contributed by atoms with van der Waals surface area (Å²) in [5, 5.41) is 18.2. The van der Waals surface area contributed by atoms with Crippen LogP contribution in [0.25, 0.3) is 5.69 Å². The molecule has 0 spiro atoms. The van der Waals surface area contributed by atoms with E-state index in [-0.39, 0.29) is 0 Å². The van der Waals surface area contributed by atoms with Gasteiger partial charge in [0.05, 0.1) is 5.69 Å². The molecule has 0 unspecified atom stereocenters. The van der Waals surface area contributed by atoms with Gasteiger partial charge in [-0.3, -0.25) is 0 Å². The molecule has 1 aliphatic rings. The lowest BCUT2D eigenvalue weighted by molar-refractivity contribution is 0.571. The summed E-state index contributed by atoms with van der Waals surface area (Å²) in [5.41, 5.74) is 3.75. The van der Waals surface area contributed by atoms with E-state index in [2.05, 4.69) is 47.1 Å². The van der Waals surface area contributed by atoms with Gasteiger partial charge < -0.3 is 4.90 Å². The number of aromatic nitrogens is 3. The molecule has 0 aliphatic carbocycles. The Hall–Kier alpha value is -2.35. The Balaban J connectivity index is 1.98. The van der Waals surface area contributed by atoms with Crippen molar-refractivity contribution in [3.05, 3.63) is 35.0 Å². The zero-order chi connectivity index (χ0) is 14.8. The summed E-state index contributed by atoms with van der Waals surface area (Å²) in [5.74, 6) is 0.718. The van der Waals surface area contributed by atoms with E-state index in [1.165, 1.54) is 17.5 Å². The number of hydrogen-bond donors (Lipinski definition) is 0. The van der Waals surface area contributed by atoms with Gasteiger partial charge in [-0.1, -0.05) is 6.07 Å². The predicted molar refractivity (Wildman–Crippen MR) is 81.6 cm³/mol. The van der Waals surface area contributed by atoms with Crippen LogP contribution in [-0.4, -0.2) is 28.1 Å². The van der Waals surface area contributed by atoms with Crippen LogP contribution in [0.5, 0.6) is 0 Å². The molecule has 1 fully saturated rings. The maximum absolute atomic E-state index is 9.32. The van der Waals surface area contributed by atoms with Crippen molar-refractivity contribution in [1.82, 2.24) is 15.0 Å². The fraction of sp³-hybridized carbons (Fsp3) is 0.438. The van der Waals surface area contributed by atoms with E-state index in [0.29, 0.717) is 5.69 Å². The summed E-state index contributed by atoms with van der Waals surface area (Å²) in [6.45, 7) is 6.06. The van der Waals surface area contributed by atoms with Gasteiger partial charge >= 0.3 is 0 Å². The molecule has 21 heavy (non-hydrogen) atoms. The van der Waals surface area contributed by atoms with Crippen molar-refractivity contribution in [2.24, 2.45) is 0 Å². The average molecular weight is 281 g/mol. The lowest BCUT2D eigenvalue weighted by Gasteiger charge is -2.26. The van der Waals surface area contributed by atoms with Crippen LogP contribution in [-0.2, 0) is 0 Å². The first-order valence-electron chi connectivity index (χ1n) is 7.39. The molecule has 5 heteroatoms. The molecular weight excluding hydrogens is 262 g/mol. The maximum atomic E-state index is 9.32. The molecular formula is C16H19N5. The molecule has 0 radical (unpaired) electrons. The Kier molecular flexibility index (Phi) is 3.61. The second kappa shape index (κ2) is 5.57. The average Bonchev–Trinajstić information content (AvgIpc) is 2.95. The van der Waals surface area contributed by atoms with Crippen molar-refractivity contribution >= 4 is 5.82 Å². The first-order valence-corrected chi connectivity index (χ1v) is 7.39. The highest BCUT2D eigenvalue weighted by molar-refractivity contribution is 5.51. The van der Waals surface area contributed by atoms with Gasteiger partial charge in [-0.25, -0.2) is 0 Å². The zero-order valence-electron chi connectivity index (χ0n) is 12.5. The van der Waals surface area contributed by atoms with Gasteiger partial charge in [0.15, 0.2) is 5.82 Å². The molecule has 2 heterocycles. The van der Waals surface area contributed by atoms with Gasteiger partial charge in [-0.15, -0.1) is 15.0 Å². The van der Waals surface area contributed by atoms with Crippen LogP contribution in [0.15, 0.2) is 18.2 Å². The van der Waals surface area contributed by atoms with Crippen molar-refractivity contribution in [3.8, 4) is 11.8 Å². The smallest absolute Gasteiger partial charge is 0.207 e. The van der Waals surface area contributed by atoms with E-state index in [0.717, 1.165) is 37.4 Å². The monoisotopic (exact) mass is 281 g/mol. The quantitative estimate of drug-likeness (QED) is 0.849. The van der Waals surface area contributed by atoms with Crippen LogP contribution in [0.2, 0.25) is 0 Å². The predicted octanol–water partition coefficient (Wildman–Crippen LogP) is 2.75. The highest BCUT2D eigenvalue weighted by Gasteiger charge is 2.20. The minimum Gasteiger partial charge on any atom is -0.353 e. The molecule has 0 amide bonds. The van der Waals surface area contributed by atoms with Crippen molar-refractivity contribution in [3.63, 3.8) is 0 Å². The van der Waals surface area contributed by atoms with Crippen LogP contribution in [0.3, 0.4) is 0 Å². The van der Waals surface area contributed by atoms with E-state index in [1.54, 1.807) is 4.80 Å². The topological polar surface area (TPSA) is 57.7 Å². The summed E-state index contributed by atoms with van der Waals surface area (Å²) in [6, 6.07) is 8.27. The number of nitrogens with zero attached hydrogens (tertiary/aromatic N) is 5. The van der Waals surface area contributed by atoms with Crippen molar-refractivity contribution in [2.45, 2.75) is 33.1 Å². The van der Waals surface area contributed by atoms with Crippen molar-refractivity contribution < 1.29 is 0 Å². The Bertz CT molecular complexity index is 689. The maximum Gasteiger partial charge on any atom is 0.207 e. The molecule has 1 aromatic heterocycles. The first kappa shape index (κ1) is 13.6.